The number of nitrogens with zero attached hydrogens (tertiary/aromatic N) is 1. The summed E-state index contributed by atoms with van der Waals surface area (Å²) in [6.07, 6.45) is 1.40. The molecule has 1 aliphatic rings. The lowest BCUT2D eigenvalue weighted by Gasteiger charge is -2.14. The molecule has 1 heterocycles. The van der Waals surface area contributed by atoms with Gasteiger partial charge in [-0.3, -0.25) is 4.90 Å². The molecule has 0 aromatic heterocycles. The third-order valence-electron chi connectivity index (χ3n) is 2.97. The van der Waals surface area contributed by atoms with Crippen molar-refractivity contribution in [1.29, 1.82) is 0 Å². The molecule has 0 aliphatic carbocycles. The van der Waals surface area contributed by atoms with Gasteiger partial charge in [-0.15, -0.1) is 12.4 Å². The predicted octanol–water partition coefficient (Wildman–Crippen LogP) is 1.69. The van der Waals surface area contributed by atoms with E-state index in [0.717, 1.165) is 26.1 Å². The van der Waals surface area contributed by atoms with Crippen LogP contribution in [0.15, 0.2) is 30.3 Å². The van der Waals surface area contributed by atoms with E-state index in [9.17, 15) is 0 Å². The average Bonchev–Trinajstić information content (AvgIpc) is 2.76. The van der Waals surface area contributed by atoms with Crippen LogP contribution >= 0.6 is 12.4 Å². The second-order valence-electron chi connectivity index (χ2n) is 4.23. The summed E-state index contributed by atoms with van der Waals surface area (Å²) in [5, 5.41) is 8.84. The number of hydrogen-bond donors (Lipinski definition) is 1. The maximum absolute atomic E-state index is 8.84. The molecule has 1 atom stereocenters. The van der Waals surface area contributed by atoms with Gasteiger partial charge in [-0.2, -0.15) is 0 Å². The monoisotopic (exact) mass is 257 g/mol. The average molecular weight is 258 g/mol. The second kappa shape index (κ2) is 7.67. The SMILES string of the molecule is Cl.OCCN1CCC(OCc2ccccc2)C1. The molecule has 0 saturated carbocycles. The minimum absolute atomic E-state index is 0. The van der Waals surface area contributed by atoms with Gasteiger partial charge in [0.1, 0.15) is 0 Å². The standard InChI is InChI=1S/C13H19NO2.ClH/c15-9-8-14-7-6-13(10-14)16-11-12-4-2-1-3-5-12;/h1-5,13,15H,6-11H2;1H. The summed E-state index contributed by atoms with van der Waals surface area (Å²) < 4.78 is 5.84. The van der Waals surface area contributed by atoms with E-state index < -0.39 is 0 Å². The maximum Gasteiger partial charge on any atom is 0.0721 e. The van der Waals surface area contributed by atoms with Gasteiger partial charge < -0.3 is 9.84 Å². The predicted molar refractivity (Wildman–Crippen MR) is 70.4 cm³/mol. The quantitative estimate of drug-likeness (QED) is 0.872. The van der Waals surface area contributed by atoms with Gasteiger partial charge in [0.2, 0.25) is 0 Å². The van der Waals surface area contributed by atoms with Crippen LogP contribution in [0.2, 0.25) is 0 Å². The van der Waals surface area contributed by atoms with Crippen LogP contribution in [-0.2, 0) is 11.3 Å². The summed E-state index contributed by atoms with van der Waals surface area (Å²) in [4.78, 5) is 2.25. The van der Waals surface area contributed by atoms with E-state index in [1.165, 1.54) is 5.56 Å². The fraction of sp³-hybridized carbons (Fsp3) is 0.538. The normalized spacial score (nSPS) is 20.2. The molecule has 1 fully saturated rings. The molecule has 0 spiro atoms. The Kier molecular flexibility index (Phi) is 6.52. The Labute approximate surface area is 109 Å². The molecule has 0 bridgehead atoms. The van der Waals surface area contributed by atoms with Crippen molar-refractivity contribution in [3.63, 3.8) is 0 Å². The van der Waals surface area contributed by atoms with E-state index in [1.807, 2.05) is 18.2 Å². The van der Waals surface area contributed by atoms with Crippen LogP contribution in [0.1, 0.15) is 12.0 Å². The van der Waals surface area contributed by atoms with Crippen molar-refractivity contribution in [2.75, 3.05) is 26.2 Å². The van der Waals surface area contributed by atoms with Crippen LogP contribution < -0.4 is 0 Å². The summed E-state index contributed by atoms with van der Waals surface area (Å²) >= 11 is 0. The molecule has 96 valence electrons. The highest BCUT2D eigenvalue weighted by atomic mass is 35.5. The van der Waals surface area contributed by atoms with Crippen LogP contribution in [-0.4, -0.2) is 42.4 Å². The summed E-state index contributed by atoms with van der Waals surface area (Å²) in [5.41, 5.74) is 1.23. The molecule has 1 unspecified atom stereocenters. The van der Waals surface area contributed by atoms with Gasteiger partial charge in [0.25, 0.3) is 0 Å². The molecular formula is C13H20ClNO2. The summed E-state index contributed by atoms with van der Waals surface area (Å²) in [5.74, 6) is 0. The van der Waals surface area contributed by atoms with E-state index in [4.69, 9.17) is 9.84 Å². The molecule has 1 aromatic carbocycles. The molecule has 1 aliphatic heterocycles. The van der Waals surface area contributed by atoms with Crippen LogP contribution in [0.5, 0.6) is 0 Å². The molecular weight excluding hydrogens is 238 g/mol. The van der Waals surface area contributed by atoms with Gasteiger partial charge in [-0.25, -0.2) is 0 Å². The maximum atomic E-state index is 8.84. The number of aliphatic hydroxyl groups excluding tert-OH is 1. The molecule has 0 radical (unpaired) electrons. The fourth-order valence-electron chi connectivity index (χ4n) is 2.07. The zero-order chi connectivity index (χ0) is 11.2. The van der Waals surface area contributed by atoms with Crippen LogP contribution in [0.4, 0.5) is 0 Å². The van der Waals surface area contributed by atoms with Crippen molar-refractivity contribution in [2.24, 2.45) is 0 Å². The number of hydrogen-bond acceptors (Lipinski definition) is 3. The summed E-state index contributed by atoms with van der Waals surface area (Å²) in [7, 11) is 0. The van der Waals surface area contributed by atoms with Crippen molar-refractivity contribution < 1.29 is 9.84 Å². The number of benzene rings is 1. The molecule has 3 nitrogen and oxygen atoms in total. The number of likely N-dealkylation sites (tertiary alicyclic amines) is 1. The second-order valence-corrected chi connectivity index (χ2v) is 4.23. The Balaban J connectivity index is 0.00000144. The first-order valence-corrected chi connectivity index (χ1v) is 5.87. The molecule has 17 heavy (non-hydrogen) atoms. The minimum Gasteiger partial charge on any atom is -0.395 e. The van der Waals surface area contributed by atoms with Gasteiger partial charge >= 0.3 is 0 Å². The van der Waals surface area contributed by atoms with E-state index >= 15 is 0 Å². The van der Waals surface area contributed by atoms with E-state index in [0.29, 0.717) is 12.7 Å². The lowest BCUT2D eigenvalue weighted by molar-refractivity contribution is 0.0455. The summed E-state index contributed by atoms with van der Waals surface area (Å²) in [6, 6.07) is 10.2. The minimum atomic E-state index is 0. The van der Waals surface area contributed by atoms with Crippen molar-refractivity contribution >= 4 is 12.4 Å². The van der Waals surface area contributed by atoms with Gasteiger partial charge in [0.05, 0.1) is 19.3 Å². The Morgan fingerprint density at radius 3 is 2.76 bits per heavy atom. The molecule has 0 amide bonds. The van der Waals surface area contributed by atoms with E-state index in [-0.39, 0.29) is 19.0 Å². The van der Waals surface area contributed by atoms with Crippen LogP contribution in [0.25, 0.3) is 0 Å². The van der Waals surface area contributed by atoms with Crippen molar-refractivity contribution in [3.05, 3.63) is 35.9 Å². The number of halogens is 1. The highest BCUT2D eigenvalue weighted by Crippen LogP contribution is 2.14. The van der Waals surface area contributed by atoms with Gasteiger partial charge in [0, 0.05) is 19.6 Å². The lowest BCUT2D eigenvalue weighted by atomic mass is 10.2. The topological polar surface area (TPSA) is 32.7 Å². The first-order valence-electron chi connectivity index (χ1n) is 5.87. The lowest BCUT2D eigenvalue weighted by Crippen LogP contribution is -2.26. The Morgan fingerprint density at radius 2 is 2.06 bits per heavy atom. The first-order chi connectivity index (χ1) is 7.88. The number of aliphatic hydroxyl groups is 1. The molecule has 2 rings (SSSR count). The summed E-state index contributed by atoms with van der Waals surface area (Å²) in [6.45, 7) is 3.70. The number of rotatable bonds is 5. The zero-order valence-corrected chi connectivity index (χ0v) is 10.7. The third-order valence-corrected chi connectivity index (χ3v) is 2.97. The molecule has 1 N–H and O–H groups in total. The van der Waals surface area contributed by atoms with Crippen LogP contribution in [0, 0.1) is 0 Å². The van der Waals surface area contributed by atoms with Crippen LogP contribution in [0.3, 0.4) is 0 Å². The van der Waals surface area contributed by atoms with Gasteiger partial charge in [-0.05, 0) is 12.0 Å². The smallest absolute Gasteiger partial charge is 0.0721 e. The number of β-amino-alcohol motifs (C(OH)–C–C–N with tert-alkyl or cyclic N) is 1. The Bertz CT molecular complexity index is 308. The Hall–Kier alpha value is -0.610. The Morgan fingerprint density at radius 1 is 1.29 bits per heavy atom. The molecule has 4 heteroatoms. The fourth-order valence-corrected chi connectivity index (χ4v) is 2.07. The third kappa shape index (κ3) is 4.64. The first kappa shape index (κ1) is 14.5. The van der Waals surface area contributed by atoms with Crippen molar-refractivity contribution in [2.45, 2.75) is 19.1 Å². The van der Waals surface area contributed by atoms with Gasteiger partial charge in [0.15, 0.2) is 0 Å². The van der Waals surface area contributed by atoms with E-state index in [1.54, 1.807) is 0 Å². The largest absolute Gasteiger partial charge is 0.395 e. The van der Waals surface area contributed by atoms with Gasteiger partial charge in [-0.1, -0.05) is 30.3 Å². The van der Waals surface area contributed by atoms with Crippen molar-refractivity contribution in [3.8, 4) is 0 Å². The molecule has 1 saturated heterocycles. The molecule has 1 aromatic rings. The highest BCUT2D eigenvalue weighted by Gasteiger charge is 2.22. The highest BCUT2D eigenvalue weighted by molar-refractivity contribution is 5.85. The van der Waals surface area contributed by atoms with E-state index in [2.05, 4.69) is 17.0 Å². The zero-order valence-electron chi connectivity index (χ0n) is 9.92. The number of ether oxygens (including phenoxy) is 1. The van der Waals surface area contributed by atoms with Crippen molar-refractivity contribution in [1.82, 2.24) is 4.90 Å².